The highest BCUT2D eigenvalue weighted by Crippen LogP contribution is 2.26. The van der Waals surface area contributed by atoms with Gasteiger partial charge in [0.25, 0.3) is 5.91 Å². The lowest BCUT2D eigenvalue weighted by Crippen LogP contribution is -2.26. The van der Waals surface area contributed by atoms with E-state index in [1.54, 1.807) is 12.1 Å². The van der Waals surface area contributed by atoms with E-state index in [0.717, 1.165) is 23.4 Å². The Morgan fingerprint density at radius 3 is 3.05 bits per heavy atom. The van der Waals surface area contributed by atoms with Crippen LogP contribution in [0.25, 0.3) is 0 Å². The molecule has 1 saturated heterocycles. The van der Waals surface area contributed by atoms with Gasteiger partial charge in [0.1, 0.15) is 11.9 Å². The van der Waals surface area contributed by atoms with E-state index in [9.17, 15) is 9.18 Å². The molecule has 1 amide bonds. The maximum absolute atomic E-state index is 13.7. The zero-order valence-electron chi connectivity index (χ0n) is 12.3. The van der Waals surface area contributed by atoms with E-state index in [-0.39, 0.29) is 17.8 Å². The van der Waals surface area contributed by atoms with Crippen LogP contribution in [0.3, 0.4) is 0 Å². The second-order valence-corrected chi connectivity index (χ2v) is 6.37. The molecule has 2 aromatic rings. The highest BCUT2D eigenvalue weighted by molar-refractivity contribution is 7.15. The lowest BCUT2D eigenvalue weighted by molar-refractivity contribution is -0.124. The Labute approximate surface area is 132 Å². The summed E-state index contributed by atoms with van der Waals surface area (Å²) in [6.07, 6.45) is 1.76. The van der Waals surface area contributed by atoms with Gasteiger partial charge in [-0.1, -0.05) is 18.2 Å². The van der Waals surface area contributed by atoms with Crippen molar-refractivity contribution in [2.24, 2.45) is 0 Å². The maximum atomic E-state index is 13.7. The number of hydrogen-bond donors (Lipinski definition) is 1. The Hall–Kier alpha value is -1.79. The van der Waals surface area contributed by atoms with Crippen molar-refractivity contribution >= 4 is 22.4 Å². The summed E-state index contributed by atoms with van der Waals surface area (Å²) in [6, 6.07) is 6.70. The number of ether oxygens (including phenoxy) is 1. The molecule has 1 atom stereocenters. The van der Waals surface area contributed by atoms with E-state index < -0.39 is 0 Å². The zero-order chi connectivity index (χ0) is 15.5. The van der Waals surface area contributed by atoms with E-state index in [2.05, 4.69) is 10.3 Å². The molecule has 22 heavy (non-hydrogen) atoms. The fourth-order valence-corrected chi connectivity index (χ4v) is 3.42. The number of carbonyl (C=O) groups is 1. The Morgan fingerprint density at radius 1 is 1.50 bits per heavy atom. The van der Waals surface area contributed by atoms with Crippen molar-refractivity contribution in [3.05, 3.63) is 46.2 Å². The van der Waals surface area contributed by atoms with Crippen LogP contribution in [0.5, 0.6) is 0 Å². The first kappa shape index (κ1) is 15.1. The van der Waals surface area contributed by atoms with Crippen LogP contribution in [0.1, 0.15) is 29.0 Å². The quantitative estimate of drug-likeness (QED) is 0.940. The Morgan fingerprint density at radius 2 is 2.32 bits per heavy atom. The SMILES string of the molecule is Cc1nc(NC(=O)[C@H]2CCCO2)sc1Cc1ccccc1F. The van der Waals surface area contributed by atoms with E-state index in [1.165, 1.54) is 17.4 Å². The molecule has 1 aromatic heterocycles. The summed E-state index contributed by atoms with van der Waals surface area (Å²) in [6.45, 7) is 2.50. The van der Waals surface area contributed by atoms with Crippen molar-refractivity contribution in [2.45, 2.75) is 32.3 Å². The van der Waals surface area contributed by atoms with Gasteiger partial charge in [-0.15, -0.1) is 11.3 Å². The smallest absolute Gasteiger partial charge is 0.255 e. The zero-order valence-corrected chi connectivity index (χ0v) is 13.1. The first-order chi connectivity index (χ1) is 10.6. The third kappa shape index (κ3) is 3.34. The van der Waals surface area contributed by atoms with Gasteiger partial charge in [0, 0.05) is 17.9 Å². The van der Waals surface area contributed by atoms with Gasteiger partial charge in [0.2, 0.25) is 0 Å². The normalized spacial score (nSPS) is 17.6. The number of aromatic nitrogens is 1. The minimum Gasteiger partial charge on any atom is -0.368 e. The van der Waals surface area contributed by atoms with Crippen molar-refractivity contribution in [1.82, 2.24) is 4.98 Å². The second kappa shape index (κ2) is 6.54. The summed E-state index contributed by atoms with van der Waals surface area (Å²) in [7, 11) is 0. The molecular weight excluding hydrogens is 303 g/mol. The van der Waals surface area contributed by atoms with Crippen molar-refractivity contribution in [3.8, 4) is 0 Å². The van der Waals surface area contributed by atoms with Crippen LogP contribution >= 0.6 is 11.3 Å². The van der Waals surface area contributed by atoms with Gasteiger partial charge < -0.3 is 4.74 Å². The molecule has 0 aliphatic carbocycles. The van der Waals surface area contributed by atoms with Gasteiger partial charge >= 0.3 is 0 Å². The van der Waals surface area contributed by atoms with E-state index in [1.807, 2.05) is 13.0 Å². The van der Waals surface area contributed by atoms with E-state index in [0.29, 0.717) is 23.7 Å². The highest BCUT2D eigenvalue weighted by atomic mass is 32.1. The number of thiazole rings is 1. The average Bonchev–Trinajstić information content (AvgIpc) is 3.12. The molecule has 4 nitrogen and oxygen atoms in total. The predicted molar refractivity (Wildman–Crippen MR) is 83.7 cm³/mol. The highest BCUT2D eigenvalue weighted by Gasteiger charge is 2.24. The number of nitrogens with zero attached hydrogens (tertiary/aromatic N) is 1. The number of rotatable bonds is 4. The number of benzene rings is 1. The molecule has 1 aromatic carbocycles. The fraction of sp³-hybridized carbons (Fsp3) is 0.375. The molecule has 2 heterocycles. The molecule has 0 saturated carbocycles. The number of nitrogens with one attached hydrogen (secondary N) is 1. The number of amides is 1. The Kier molecular flexibility index (Phi) is 4.49. The van der Waals surface area contributed by atoms with Crippen molar-refractivity contribution in [3.63, 3.8) is 0 Å². The molecule has 0 bridgehead atoms. The van der Waals surface area contributed by atoms with Gasteiger partial charge in [-0.25, -0.2) is 9.37 Å². The number of carbonyl (C=O) groups excluding carboxylic acids is 1. The summed E-state index contributed by atoms with van der Waals surface area (Å²) < 4.78 is 19.1. The number of halogens is 1. The third-order valence-corrected chi connectivity index (χ3v) is 4.73. The van der Waals surface area contributed by atoms with Crippen LogP contribution < -0.4 is 5.32 Å². The molecule has 1 aliphatic heterocycles. The van der Waals surface area contributed by atoms with Crippen molar-refractivity contribution in [2.75, 3.05) is 11.9 Å². The monoisotopic (exact) mass is 320 g/mol. The predicted octanol–water partition coefficient (Wildman–Crippen LogP) is 3.30. The van der Waals surface area contributed by atoms with Gasteiger partial charge in [-0.2, -0.15) is 0 Å². The molecule has 0 radical (unpaired) electrons. The molecule has 0 spiro atoms. The fourth-order valence-electron chi connectivity index (χ4n) is 2.43. The first-order valence-electron chi connectivity index (χ1n) is 7.25. The molecule has 3 rings (SSSR count). The number of anilines is 1. The average molecular weight is 320 g/mol. The van der Waals surface area contributed by atoms with Gasteiger partial charge in [-0.3, -0.25) is 10.1 Å². The second-order valence-electron chi connectivity index (χ2n) is 5.29. The minimum absolute atomic E-state index is 0.149. The van der Waals surface area contributed by atoms with Crippen molar-refractivity contribution in [1.29, 1.82) is 0 Å². The van der Waals surface area contributed by atoms with Crippen LogP contribution in [0.2, 0.25) is 0 Å². The summed E-state index contributed by atoms with van der Waals surface area (Å²) >= 11 is 1.38. The van der Waals surface area contributed by atoms with Crippen LogP contribution in [-0.2, 0) is 16.0 Å². The molecule has 1 N–H and O–H groups in total. The number of hydrogen-bond acceptors (Lipinski definition) is 4. The molecule has 1 aliphatic rings. The largest absolute Gasteiger partial charge is 0.368 e. The lowest BCUT2D eigenvalue weighted by Gasteiger charge is -2.07. The minimum atomic E-state index is -0.376. The van der Waals surface area contributed by atoms with Gasteiger partial charge in [0.15, 0.2) is 5.13 Å². The molecule has 6 heteroatoms. The molecule has 1 fully saturated rings. The van der Waals surface area contributed by atoms with Crippen molar-refractivity contribution < 1.29 is 13.9 Å². The van der Waals surface area contributed by atoms with Crippen LogP contribution in [0, 0.1) is 12.7 Å². The first-order valence-corrected chi connectivity index (χ1v) is 8.07. The summed E-state index contributed by atoms with van der Waals surface area (Å²) in [5, 5.41) is 3.34. The Balaban J connectivity index is 1.71. The summed E-state index contributed by atoms with van der Waals surface area (Å²) in [5.74, 6) is -0.371. The standard InChI is InChI=1S/C16H17FN2O2S/c1-10-14(9-11-5-2-3-6-12(11)17)22-16(18-10)19-15(20)13-7-4-8-21-13/h2-3,5-6,13H,4,7-9H2,1H3,(H,18,19,20)/t13-/m1/s1. The topological polar surface area (TPSA) is 51.2 Å². The van der Waals surface area contributed by atoms with E-state index in [4.69, 9.17) is 4.74 Å². The lowest BCUT2D eigenvalue weighted by atomic mass is 10.1. The Bertz CT molecular complexity index is 681. The molecule has 116 valence electrons. The van der Waals surface area contributed by atoms with Gasteiger partial charge in [0.05, 0.1) is 5.69 Å². The summed E-state index contributed by atoms with van der Waals surface area (Å²) in [4.78, 5) is 17.3. The molecule has 0 unspecified atom stereocenters. The number of aryl methyl sites for hydroxylation is 1. The maximum Gasteiger partial charge on any atom is 0.255 e. The molecular formula is C16H17FN2O2S. The third-order valence-electron chi connectivity index (χ3n) is 3.65. The van der Waals surface area contributed by atoms with Crippen LogP contribution in [0.4, 0.5) is 9.52 Å². The summed E-state index contributed by atoms with van der Waals surface area (Å²) in [5.41, 5.74) is 1.45. The van der Waals surface area contributed by atoms with Crippen LogP contribution in [0.15, 0.2) is 24.3 Å². The van der Waals surface area contributed by atoms with Gasteiger partial charge in [-0.05, 0) is 31.4 Å². The van der Waals surface area contributed by atoms with Crippen LogP contribution in [-0.4, -0.2) is 23.6 Å². The van der Waals surface area contributed by atoms with E-state index >= 15 is 0 Å².